The highest BCUT2D eigenvalue weighted by molar-refractivity contribution is 5.29. The zero-order valence-electron chi connectivity index (χ0n) is 14.7. The predicted molar refractivity (Wildman–Crippen MR) is 98.6 cm³/mol. The van der Waals surface area contributed by atoms with Gasteiger partial charge in [-0.2, -0.15) is 4.98 Å². The summed E-state index contributed by atoms with van der Waals surface area (Å²) in [5.74, 6) is -0.988. The lowest BCUT2D eigenvalue weighted by atomic mass is 10.1. The number of fused-ring (bicyclic) bond motifs is 1. The van der Waals surface area contributed by atoms with Crippen LogP contribution in [-0.2, 0) is 13.1 Å². The van der Waals surface area contributed by atoms with E-state index in [0.717, 1.165) is 32.1 Å². The van der Waals surface area contributed by atoms with Gasteiger partial charge >= 0.3 is 5.69 Å². The molecule has 0 saturated carbocycles. The van der Waals surface area contributed by atoms with Crippen LogP contribution in [0.2, 0.25) is 0 Å². The zero-order chi connectivity index (χ0) is 18.2. The third-order valence-electron chi connectivity index (χ3n) is 4.03. The number of halogens is 1. The first-order valence-corrected chi connectivity index (χ1v) is 8.63. The molecule has 0 unspecified atom stereocenters. The van der Waals surface area contributed by atoms with Crippen LogP contribution in [0.4, 0.5) is 10.2 Å². The lowest BCUT2D eigenvalue weighted by molar-refractivity contribution is 0.522. The number of anilines is 1. The van der Waals surface area contributed by atoms with E-state index in [1.54, 1.807) is 0 Å². The number of nitrogens with one attached hydrogen (secondary N) is 1. The number of nitrogens with zero attached hydrogens (tertiary/aromatic N) is 2. The molecule has 1 aliphatic carbocycles. The molecule has 1 aliphatic heterocycles. The Morgan fingerprint density at radius 3 is 2.44 bits per heavy atom. The minimum Gasteiger partial charge on any atom is -0.381 e. The van der Waals surface area contributed by atoms with Gasteiger partial charge in [-0.1, -0.05) is 50.3 Å². The molecule has 2 heterocycles. The number of rotatable bonds is 1. The van der Waals surface area contributed by atoms with Crippen LogP contribution in [0, 0.1) is 5.82 Å². The molecule has 0 spiro atoms. The van der Waals surface area contributed by atoms with E-state index in [2.05, 4.69) is 34.6 Å². The van der Waals surface area contributed by atoms with Gasteiger partial charge in [0.25, 0.3) is 0 Å². The Kier molecular flexibility index (Phi) is 6.89. The lowest BCUT2D eigenvalue weighted by Crippen LogP contribution is -2.26. The monoisotopic (exact) mass is 344 g/mol. The lowest BCUT2D eigenvalue weighted by Gasteiger charge is -2.11. The molecule has 1 atom stereocenters. The highest BCUT2D eigenvalue weighted by atomic mass is 19.1. The van der Waals surface area contributed by atoms with Crippen LogP contribution < -0.4 is 16.7 Å². The average Bonchev–Trinajstić information content (AvgIpc) is 3.32. The Morgan fingerprint density at radius 2 is 1.88 bits per heavy atom. The Hall–Kier alpha value is -2.47. The molecule has 2 aliphatic rings. The number of benzene rings is 1. The number of nitrogen functional groups attached to an aromatic ring is 1. The molecule has 0 amide bonds. The first-order chi connectivity index (χ1) is 12.1. The molecule has 0 fully saturated rings. The second-order valence-electron chi connectivity index (χ2n) is 5.61. The molecular formula is C19H25FN4O. The molecule has 6 heteroatoms. The third-order valence-corrected chi connectivity index (χ3v) is 4.03. The van der Waals surface area contributed by atoms with Crippen molar-refractivity contribution in [2.24, 2.45) is 0 Å². The third kappa shape index (κ3) is 4.76. The highest BCUT2D eigenvalue weighted by Crippen LogP contribution is 2.21. The predicted octanol–water partition coefficient (Wildman–Crippen LogP) is 3.17. The Balaban J connectivity index is 0.000000176. The van der Waals surface area contributed by atoms with Crippen molar-refractivity contribution in [2.75, 3.05) is 5.73 Å². The molecular weight excluding hydrogens is 319 g/mol. The number of allylic oxidation sites excluding steroid dienone is 2. The van der Waals surface area contributed by atoms with Gasteiger partial charge in [-0.15, -0.1) is 0 Å². The topological polar surface area (TPSA) is 72.9 Å². The van der Waals surface area contributed by atoms with Crippen molar-refractivity contribution in [3.8, 4) is 0 Å². The quantitative estimate of drug-likeness (QED) is 0.780. The molecule has 134 valence electrons. The molecule has 25 heavy (non-hydrogen) atoms. The van der Waals surface area contributed by atoms with Crippen molar-refractivity contribution >= 4 is 5.82 Å². The summed E-state index contributed by atoms with van der Waals surface area (Å²) in [7, 11) is 0. The van der Waals surface area contributed by atoms with Gasteiger partial charge in [-0.25, -0.2) is 9.18 Å². The fourth-order valence-electron chi connectivity index (χ4n) is 2.78. The van der Waals surface area contributed by atoms with Gasteiger partial charge in [0.15, 0.2) is 11.6 Å². The van der Waals surface area contributed by atoms with E-state index in [1.807, 2.05) is 26.0 Å². The largest absolute Gasteiger partial charge is 0.381 e. The fourth-order valence-corrected chi connectivity index (χ4v) is 2.78. The average molecular weight is 344 g/mol. The smallest absolute Gasteiger partial charge is 0.350 e. The second kappa shape index (κ2) is 9.13. The van der Waals surface area contributed by atoms with Crippen molar-refractivity contribution < 1.29 is 4.39 Å². The molecule has 0 bridgehead atoms. The summed E-state index contributed by atoms with van der Waals surface area (Å²) in [5.41, 5.74) is 7.58. The van der Waals surface area contributed by atoms with Crippen molar-refractivity contribution in [1.29, 1.82) is 0 Å². The summed E-state index contributed by atoms with van der Waals surface area (Å²) in [4.78, 5) is 14.7. The molecule has 0 radical (unpaired) electrons. The summed E-state index contributed by atoms with van der Waals surface area (Å²) < 4.78 is 14.3. The number of aromatic nitrogens is 2. The normalized spacial score (nSPS) is 17.2. The van der Waals surface area contributed by atoms with Crippen LogP contribution in [-0.4, -0.2) is 9.55 Å². The van der Waals surface area contributed by atoms with Crippen molar-refractivity contribution in [1.82, 2.24) is 14.9 Å². The number of nitrogens with two attached hydrogens (primary N) is 1. The molecule has 1 aromatic carbocycles. The van der Waals surface area contributed by atoms with E-state index in [1.165, 1.54) is 15.7 Å². The van der Waals surface area contributed by atoms with Gasteiger partial charge in [0.1, 0.15) is 0 Å². The second-order valence-corrected chi connectivity index (χ2v) is 5.61. The van der Waals surface area contributed by atoms with Crippen LogP contribution in [0.25, 0.3) is 0 Å². The van der Waals surface area contributed by atoms with E-state index in [0.29, 0.717) is 0 Å². The SMILES string of the molecule is CC.Nc1nc(=O)n([C@H]2C=CCC2)cc1F.c1ccc2c(c1)CNC2. The Morgan fingerprint density at radius 1 is 1.24 bits per heavy atom. The van der Waals surface area contributed by atoms with Gasteiger partial charge in [0.05, 0.1) is 6.04 Å². The van der Waals surface area contributed by atoms with Crippen LogP contribution in [0.5, 0.6) is 0 Å². The summed E-state index contributed by atoms with van der Waals surface area (Å²) in [6, 6.07) is 8.45. The Bertz CT molecular complexity index is 762. The summed E-state index contributed by atoms with van der Waals surface area (Å²) >= 11 is 0. The van der Waals surface area contributed by atoms with E-state index >= 15 is 0 Å². The van der Waals surface area contributed by atoms with E-state index in [9.17, 15) is 9.18 Å². The maximum absolute atomic E-state index is 13.0. The summed E-state index contributed by atoms with van der Waals surface area (Å²) in [5, 5.41) is 3.29. The van der Waals surface area contributed by atoms with Crippen LogP contribution in [0.3, 0.4) is 0 Å². The van der Waals surface area contributed by atoms with Crippen LogP contribution in [0.15, 0.2) is 47.4 Å². The summed E-state index contributed by atoms with van der Waals surface area (Å²) in [6.07, 6.45) is 6.67. The van der Waals surface area contributed by atoms with E-state index in [4.69, 9.17) is 5.73 Å². The van der Waals surface area contributed by atoms with Gasteiger partial charge < -0.3 is 11.1 Å². The van der Waals surface area contributed by atoms with Crippen LogP contribution >= 0.6 is 0 Å². The van der Waals surface area contributed by atoms with Crippen molar-refractivity contribution in [3.63, 3.8) is 0 Å². The maximum atomic E-state index is 13.0. The fraction of sp³-hybridized carbons (Fsp3) is 0.368. The molecule has 4 rings (SSSR count). The Labute approximate surface area is 147 Å². The molecule has 2 aromatic rings. The standard InChI is InChI=1S/C9H10FN3O.C8H9N.C2H6/c10-7-5-13(6-3-1-2-4-6)9(14)12-8(7)11;1-2-4-8-6-9-5-7(8)3-1;1-2/h1,3,5-6H,2,4H2,(H2,11,12,14);1-4,9H,5-6H2;1-2H3/t6-;;/m0../s1. The molecule has 5 nitrogen and oxygen atoms in total. The number of hydrogen-bond acceptors (Lipinski definition) is 4. The molecule has 0 saturated heterocycles. The van der Waals surface area contributed by atoms with Crippen molar-refractivity contribution in [3.05, 3.63) is 70.0 Å². The van der Waals surface area contributed by atoms with Crippen molar-refractivity contribution in [2.45, 2.75) is 45.8 Å². The minimum absolute atomic E-state index is 0.0786. The van der Waals surface area contributed by atoms with Gasteiger partial charge in [0.2, 0.25) is 0 Å². The van der Waals surface area contributed by atoms with E-state index in [-0.39, 0.29) is 11.9 Å². The van der Waals surface area contributed by atoms with E-state index < -0.39 is 11.5 Å². The van der Waals surface area contributed by atoms with Gasteiger partial charge in [0, 0.05) is 19.3 Å². The number of hydrogen-bond donors (Lipinski definition) is 2. The van der Waals surface area contributed by atoms with Gasteiger partial charge in [-0.05, 0) is 24.0 Å². The molecule has 1 aromatic heterocycles. The zero-order valence-corrected chi connectivity index (χ0v) is 14.7. The summed E-state index contributed by atoms with van der Waals surface area (Å²) in [6.45, 7) is 6.10. The maximum Gasteiger partial charge on any atom is 0.350 e. The van der Waals surface area contributed by atoms with Crippen LogP contribution in [0.1, 0.15) is 43.9 Å². The first kappa shape index (κ1) is 18.9. The first-order valence-electron chi connectivity index (χ1n) is 8.63. The highest BCUT2D eigenvalue weighted by Gasteiger charge is 2.15. The van der Waals surface area contributed by atoms with Gasteiger partial charge in [-0.3, -0.25) is 4.57 Å². The molecule has 3 N–H and O–H groups in total. The minimum atomic E-state index is -0.648.